The molecule has 1 N–H and O–H groups in total. The van der Waals surface area contributed by atoms with Gasteiger partial charge in [0, 0.05) is 43.3 Å². The topological polar surface area (TPSA) is 86.8 Å². The maximum Gasteiger partial charge on any atom is 0.253 e. The van der Waals surface area contributed by atoms with Crippen molar-refractivity contribution in [3.63, 3.8) is 0 Å². The number of halogens is 1. The van der Waals surface area contributed by atoms with Crippen LogP contribution in [0.1, 0.15) is 36.0 Å². The molecule has 2 aliphatic rings. The molecule has 0 atom stereocenters. The van der Waals surface area contributed by atoms with Crippen LogP contribution in [0.3, 0.4) is 0 Å². The lowest BCUT2D eigenvalue weighted by molar-refractivity contribution is -0.121. The van der Waals surface area contributed by atoms with E-state index in [0.29, 0.717) is 44.6 Å². The Kier molecular flexibility index (Phi) is 6.83. The van der Waals surface area contributed by atoms with E-state index in [-0.39, 0.29) is 27.7 Å². The summed E-state index contributed by atoms with van der Waals surface area (Å²) < 4.78 is 27.3. The zero-order chi connectivity index (χ0) is 22.7. The van der Waals surface area contributed by atoms with Gasteiger partial charge >= 0.3 is 0 Å². The van der Waals surface area contributed by atoms with Gasteiger partial charge in [0.25, 0.3) is 5.91 Å². The molecule has 7 nitrogen and oxygen atoms in total. The quantitative estimate of drug-likeness (QED) is 0.715. The van der Waals surface area contributed by atoms with Crippen LogP contribution in [0.25, 0.3) is 0 Å². The summed E-state index contributed by atoms with van der Waals surface area (Å²) in [6, 6.07) is 13.7. The molecule has 0 radical (unpaired) electrons. The van der Waals surface area contributed by atoms with E-state index >= 15 is 0 Å². The van der Waals surface area contributed by atoms with E-state index in [9.17, 15) is 18.0 Å². The molecule has 2 amide bonds. The predicted octanol–water partition coefficient (Wildman–Crippen LogP) is 3.62. The van der Waals surface area contributed by atoms with Gasteiger partial charge < -0.3 is 10.2 Å². The Morgan fingerprint density at radius 2 is 1.59 bits per heavy atom. The summed E-state index contributed by atoms with van der Waals surface area (Å²) in [5.74, 6) is -0.467. The minimum atomic E-state index is -3.73. The van der Waals surface area contributed by atoms with E-state index in [2.05, 4.69) is 5.32 Å². The molecule has 170 valence electrons. The van der Waals surface area contributed by atoms with Crippen LogP contribution in [0.4, 0.5) is 5.69 Å². The van der Waals surface area contributed by atoms with Crippen molar-refractivity contribution in [3.05, 3.63) is 59.1 Å². The van der Waals surface area contributed by atoms with Gasteiger partial charge in [0.15, 0.2) is 0 Å². The summed E-state index contributed by atoms with van der Waals surface area (Å²) in [6.07, 6.45) is 2.75. The van der Waals surface area contributed by atoms with Crippen molar-refractivity contribution in [1.82, 2.24) is 9.21 Å². The number of piperidine rings is 1. The molecule has 0 bridgehead atoms. The summed E-state index contributed by atoms with van der Waals surface area (Å²) in [4.78, 5) is 27.2. The standard InChI is InChI=1S/C23H26ClN3O4S/c24-20-9-8-18(16-21(20)32(30,31)27-12-4-5-13-27)23(29)26-14-10-17(11-15-26)22(28)25-19-6-2-1-3-7-19/h1-3,6-9,16-17H,4-5,10-15H2,(H,25,28). The molecule has 0 aliphatic carbocycles. The number of rotatable bonds is 5. The Bertz CT molecular complexity index is 1090. The van der Waals surface area contributed by atoms with Crippen molar-refractivity contribution >= 4 is 39.1 Å². The normalized spacial score (nSPS) is 18.0. The Balaban J connectivity index is 1.41. The van der Waals surface area contributed by atoms with Crippen LogP contribution in [-0.4, -0.2) is 55.6 Å². The number of sulfonamides is 1. The second-order valence-electron chi connectivity index (χ2n) is 8.18. The van der Waals surface area contributed by atoms with E-state index in [1.807, 2.05) is 30.3 Å². The van der Waals surface area contributed by atoms with Crippen LogP contribution in [0.2, 0.25) is 5.02 Å². The molecule has 2 heterocycles. The summed E-state index contributed by atoms with van der Waals surface area (Å²) >= 11 is 6.19. The van der Waals surface area contributed by atoms with Crippen molar-refractivity contribution in [2.75, 3.05) is 31.5 Å². The van der Waals surface area contributed by atoms with Crippen LogP contribution in [-0.2, 0) is 14.8 Å². The number of para-hydroxylation sites is 1. The van der Waals surface area contributed by atoms with Gasteiger partial charge in [-0.15, -0.1) is 0 Å². The zero-order valence-corrected chi connectivity index (χ0v) is 19.2. The number of carbonyl (C=O) groups excluding carboxylic acids is 2. The number of hydrogen-bond donors (Lipinski definition) is 1. The molecule has 2 saturated heterocycles. The predicted molar refractivity (Wildman–Crippen MR) is 123 cm³/mol. The van der Waals surface area contributed by atoms with Crippen LogP contribution in [0, 0.1) is 5.92 Å². The number of benzene rings is 2. The molecular formula is C23H26ClN3O4S. The summed E-state index contributed by atoms with van der Waals surface area (Å²) in [6.45, 7) is 1.80. The molecule has 9 heteroatoms. The molecule has 0 spiro atoms. The molecule has 0 aromatic heterocycles. The third-order valence-electron chi connectivity index (χ3n) is 6.06. The lowest BCUT2D eigenvalue weighted by Gasteiger charge is -2.31. The first-order valence-electron chi connectivity index (χ1n) is 10.8. The van der Waals surface area contributed by atoms with Crippen molar-refractivity contribution in [3.8, 4) is 0 Å². The fourth-order valence-corrected chi connectivity index (χ4v) is 6.21. The third-order valence-corrected chi connectivity index (χ3v) is 8.44. The molecule has 2 aromatic rings. The highest BCUT2D eigenvalue weighted by atomic mass is 35.5. The molecule has 4 rings (SSSR count). The molecule has 2 fully saturated rings. The molecule has 32 heavy (non-hydrogen) atoms. The van der Waals surface area contributed by atoms with Crippen molar-refractivity contribution in [1.29, 1.82) is 0 Å². The van der Waals surface area contributed by atoms with E-state index in [4.69, 9.17) is 11.6 Å². The third kappa shape index (κ3) is 4.82. The molecule has 0 unspecified atom stereocenters. The van der Waals surface area contributed by atoms with Crippen LogP contribution in [0.15, 0.2) is 53.4 Å². The number of carbonyl (C=O) groups is 2. The van der Waals surface area contributed by atoms with E-state index in [1.54, 1.807) is 11.0 Å². The van der Waals surface area contributed by atoms with E-state index in [0.717, 1.165) is 18.5 Å². The Hall–Kier alpha value is -2.42. The second kappa shape index (κ2) is 9.60. The van der Waals surface area contributed by atoms with Gasteiger partial charge in [-0.1, -0.05) is 29.8 Å². The summed E-state index contributed by atoms with van der Waals surface area (Å²) in [5.41, 5.74) is 1.04. The first-order chi connectivity index (χ1) is 15.4. The van der Waals surface area contributed by atoms with Gasteiger partial charge in [0.2, 0.25) is 15.9 Å². The number of amides is 2. The van der Waals surface area contributed by atoms with Crippen LogP contribution < -0.4 is 5.32 Å². The van der Waals surface area contributed by atoms with Crippen molar-refractivity contribution < 1.29 is 18.0 Å². The Morgan fingerprint density at radius 3 is 2.25 bits per heavy atom. The van der Waals surface area contributed by atoms with Gasteiger partial charge in [-0.2, -0.15) is 4.31 Å². The highest BCUT2D eigenvalue weighted by Crippen LogP contribution is 2.29. The Labute approximate surface area is 193 Å². The van der Waals surface area contributed by atoms with Crippen molar-refractivity contribution in [2.24, 2.45) is 5.92 Å². The van der Waals surface area contributed by atoms with Crippen molar-refractivity contribution in [2.45, 2.75) is 30.6 Å². The monoisotopic (exact) mass is 475 g/mol. The first-order valence-corrected chi connectivity index (χ1v) is 12.6. The highest BCUT2D eigenvalue weighted by molar-refractivity contribution is 7.89. The van der Waals surface area contributed by atoms with Gasteiger partial charge in [0.05, 0.1) is 5.02 Å². The fraction of sp³-hybridized carbons (Fsp3) is 0.391. The largest absolute Gasteiger partial charge is 0.339 e. The first kappa shape index (κ1) is 22.8. The van der Waals surface area contributed by atoms with Crippen LogP contribution >= 0.6 is 11.6 Å². The molecule has 2 aliphatic heterocycles. The SMILES string of the molecule is O=C(Nc1ccccc1)C1CCN(C(=O)c2ccc(Cl)c(S(=O)(=O)N3CCCC3)c2)CC1. The minimum absolute atomic E-state index is 0.0240. The molecular weight excluding hydrogens is 450 g/mol. The number of likely N-dealkylation sites (tertiary alicyclic amines) is 1. The van der Waals surface area contributed by atoms with Crippen LogP contribution in [0.5, 0.6) is 0 Å². The minimum Gasteiger partial charge on any atom is -0.339 e. The fourth-order valence-electron chi connectivity index (χ4n) is 4.19. The molecule has 0 saturated carbocycles. The zero-order valence-electron chi connectivity index (χ0n) is 17.7. The number of hydrogen-bond acceptors (Lipinski definition) is 4. The summed E-state index contributed by atoms with van der Waals surface area (Å²) in [5, 5.41) is 3.03. The Morgan fingerprint density at radius 1 is 0.938 bits per heavy atom. The van der Waals surface area contributed by atoms with Gasteiger partial charge in [-0.3, -0.25) is 9.59 Å². The van der Waals surface area contributed by atoms with E-state index < -0.39 is 10.0 Å². The lowest BCUT2D eigenvalue weighted by atomic mass is 9.95. The van der Waals surface area contributed by atoms with Gasteiger partial charge in [0.1, 0.15) is 4.90 Å². The second-order valence-corrected chi connectivity index (χ2v) is 10.5. The highest BCUT2D eigenvalue weighted by Gasteiger charge is 2.32. The maximum atomic E-state index is 13.1. The number of nitrogens with one attached hydrogen (secondary N) is 1. The average molecular weight is 476 g/mol. The maximum absolute atomic E-state index is 13.1. The van der Waals surface area contributed by atoms with E-state index in [1.165, 1.54) is 16.4 Å². The average Bonchev–Trinajstić information content (AvgIpc) is 3.36. The summed E-state index contributed by atoms with van der Waals surface area (Å²) in [7, 11) is -3.73. The molecule has 2 aromatic carbocycles. The number of nitrogens with zero attached hydrogens (tertiary/aromatic N) is 2. The number of anilines is 1. The smallest absolute Gasteiger partial charge is 0.253 e. The van der Waals surface area contributed by atoms with Gasteiger partial charge in [-0.25, -0.2) is 8.42 Å². The lowest BCUT2D eigenvalue weighted by Crippen LogP contribution is -2.41. The van der Waals surface area contributed by atoms with Gasteiger partial charge in [-0.05, 0) is 56.0 Å².